The van der Waals surface area contributed by atoms with Crippen molar-refractivity contribution in [3.8, 4) is 22.8 Å². The lowest BCUT2D eigenvalue weighted by atomic mass is 9.83. The second kappa shape index (κ2) is 12.1. The highest BCUT2D eigenvalue weighted by molar-refractivity contribution is 7.92. The predicted molar refractivity (Wildman–Crippen MR) is 162 cm³/mol. The molecule has 208 valence electrons. The number of nitrogens with one attached hydrogen (secondary N) is 1. The standard InChI is InChI=1S/C31H32ClN3O4S/c1-31(2,3)27-18-24(26-19-33-30(32)34-29(26)39-20-22-9-7-6-8-10-22)17-23(28(27)38-4)14-11-21-12-15-25(16-13-21)35-40(5,36)37/h6-19,35H,20H2,1-5H3. The van der Waals surface area contributed by atoms with Crippen molar-refractivity contribution in [1.82, 2.24) is 9.97 Å². The molecule has 0 aliphatic heterocycles. The lowest BCUT2D eigenvalue weighted by Gasteiger charge is -2.25. The lowest BCUT2D eigenvalue weighted by molar-refractivity contribution is 0.295. The van der Waals surface area contributed by atoms with Crippen molar-refractivity contribution < 1.29 is 17.9 Å². The van der Waals surface area contributed by atoms with Crippen molar-refractivity contribution >= 4 is 39.5 Å². The monoisotopic (exact) mass is 577 g/mol. The average molecular weight is 578 g/mol. The molecule has 0 aliphatic carbocycles. The molecule has 4 aromatic rings. The van der Waals surface area contributed by atoms with Crippen molar-refractivity contribution in [1.29, 1.82) is 0 Å². The number of halogens is 1. The van der Waals surface area contributed by atoms with Crippen LogP contribution in [0.25, 0.3) is 23.3 Å². The molecule has 0 saturated carbocycles. The Hall–Kier alpha value is -3.88. The van der Waals surface area contributed by atoms with Crippen LogP contribution in [0.2, 0.25) is 5.28 Å². The molecular formula is C31H32ClN3O4S. The van der Waals surface area contributed by atoms with E-state index in [0.29, 0.717) is 23.7 Å². The SMILES string of the molecule is COc1c(C=Cc2ccc(NS(C)(=O)=O)cc2)cc(-c2cnc(Cl)nc2OCc2ccccc2)cc1C(C)(C)C. The maximum Gasteiger partial charge on any atom is 0.229 e. The maximum atomic E-state index is 11.5. The van der Waals surface area contributed by atoms with E-state index in [-0.39, 0.29) is 10.7 Å². The van der Waals surface area contributed by atoms with Crippen LogP contribution in [0, 0.1) is 0 Å². The van der Waals surface area contributed by atoms with Crippen LogP contribution in [-0.2, 0) is 22.0 Å². The van der Waals surface area contributed by atoms with Crippen molar-refractivity contribution in [2.24, 2.45) is 0 Å². The zero-order chi connectivity index (χ0) is 28.9. The van der Waals surface area contributed by atoms with Crippen LogP contribution in [0.3, 0.4) is 0 Å². The molecule has 0 spiro atoms. The van der Waals surface area contributed by atoms with Gasteiger partial charge in [0, 0.05) is 23.0 Å². The minimum atomic E-state index is -3.34. The van der Waals surface area contributed by atoms with Gasteiger partial charge in [0.15, 0.2) is 0 Å². The third kappa shape index (κ3) is 7.61. The van der Waals surface area contributed by atoms with Gasteiger partial charge in [0.1, 0.15) is 12.4 Å². The second-order valence-electron chi connectivity index (χ2n) is 10.4. The molecule has 1 N–H and O–H groups in total. The summed E-state index contributed by atoms with van der Waals surface area (Å²) in [6.45, 7) is 6.71. The van der Waals surface area contributed by atoms with Gasteiger partial charge in [-0.05, 0) is 58.0 Å². The van der Waals surface area contributed by atoms with E-state index in [1.54, 1.807) is 25.4 Å². The number of anilines is 1. The predicted octanol–water partition coefficient (Wildman–Crippen LogP) is 7.22. The molecule has 1 aromatic heterocycles. The molecule has 0 saturated heterocycles. The van der Waals surface area contributed by atoms with E-state index in [4.69, 9.17) is 21.1 Å². The first-order valence-corrected chi connectivity index (χ1v) is 14.9. The summed E-state index contributed by atoms with van der Waals surface area (Å²) in [6, 6.07) is 21.0. The van der Waals surface area contributed by atoms with Crippen molar-refractivity contribution in [3.63, 3.8) is 0 Å². The third-order valence-electron chi connectivity index (χ3n) is 6.05. The van der Waals surface area contributed by atoms with E-state index in [1.807, 2.05) is 60.7 Å². The van der Waals surface area contributed by atoms with Crippen LogP contribution in [0.15, 0.2) is 72.9 Å². The first-order valence-electron chi connectivity index (χ1n) is 12.6. The van der Waals surface area contributed by atoms with E-state index in [1.165, 1.54) is 0 Å². The number of ether oxygens (including phenoxy) is 2. The largest absolute Gasteiger partial charge is 0.496 e. The summed E-state index contributed by atoms with van der Waals surface area (Å²) < 4.78 is 37.5. The fraction of sp³-hybridized carbons (Fsp3) is 0.226. The van der Waals surface area contributed by atoms with Crippen LogP contribution in [-0.4, -0.2) is 31.8 Å². The quantitative estimate of drug-likeness (QED) is 0.167. The topological polar surface area (TPSA) is 90.4 Å². The summed E-state index contributed by atoms with van der Waals surface area (Å²) in [4.78, 5) is 8.63. The Kier molecular flexibility index (Phi) is 8.81. The van der Waals surface area contributed by atoms with Crippen LogP contribution in [0.5, 0.6) is 11.6 Å². The zero-order valence-electron chi connectivity index (χ0n) is 23.1. The molecule has 0 atom stereocenters. The van der Waals surface area contributed by atoms with E-state index in [9.17, 15) is 8.42 Å². The number of sulfonamides is 1. The van der Waals surface area contributed by atoms with Gasteiger partial charge in [0.05, 0.1) is 18.9 Å². The van der Waals surface area contributed by atoms with Gasteiger partial charge in [-0.2, -0.15) is 4.98 Å². The van der Waals surface area contributed by atoms with Crippen LogP contribution in [0.4, 0.5) is 5.69 Å². The molecule has 0 fully saturated rings. The molecule has 0 amide bonds. The highest BCUT2D eigenvalue weighted by Gasteiger charge is 2.23. The summed E-state index contributed by atoms with van der Waals surface area (Å²) in [6.07, 6.45) is 6.71. The minimum absolute atomic E-state index is 0.102. The van der Waals surface area contributed by atoms with E-state index < -0.39 is 10.0 Å². The number of aromatic nitrogens is 2. The molecule has 7 nitrogen and oxygen atoms in total. The number of benzene rings is 3. The van der Waals surface area contributed by atoms with Gasteiger partial charge in [0.2, 0.25) is 21.2 Å². The molecule has 0 unspecified atom stereocenters. The molecular weight excluding hydrogens is 546 g/mol. The number of nitrogens with zero attached hydrogens (tertiary/aromatic N) is 2. The first-order chi connectivity index (χ1) is 18.9. The zero-order valence-corrected chi connectivity index (χ0v) is 24.7. The lowest BCUT2D eigenvalue weighted by Crippen LogP contribution is -2.14. The minimum Gasteiger partial charge on any atom is -0.496 e. The van der Waals surface area contributed by atoms with Crippen LogP contribution >= 0.6 is 11.6 Å². The fourth-order valence-electron chi connectivity index (χ4n) is 4.16. The summed E-state index contributed by atoms with van der Waals surface area (Å²) in [7, 11) is -1.68. The average Bonchev–Trinajstić information content (AvgIpc) is 2.90. The Morgan fingerprint density at radius 3 is 2.33 bits per heavy atom. The molecule has 3 aromatic carbocycles. The first kappa shape index (κ1) is 29.1. The number of hydrogen-bond acceptors (Lipinski definition) is 6. The molecule has 0 aliphatic rings. The third-order valence-corrected chi connectivity index (χ3v) is 6.84. The van der Waals surface area contributed by atoms with Gasteiger partial charge in [0.25, 0.3) is 0 Å². The van der Waals surface area contributed by atoms with Crippen molar-refractivity contribution in [3.05, 3.63) is 100 Å². The van der Waals surface area contributed by atoms with Crippen LogP contribution < -0.4 is 14.2 Å². The Morgan fingerprint density at radius 1 is 1.00 bits per heavy atom. The van der Waals surface area contributed by atoms with E-state index in [2.05, 4.69) is 41.5 Å². The van der Waals surface area contributed by atoms with Gasteiger partial charge in [-0.25, -0.2) is 13.4 Å². The van der Waals surface area contributed by atoms with Gasteiger partial charge >= 0.3 is 0 Å². The molecule has 4 rings (SSSR count). The fourth-order valence-corrected chi connectivity index (χ4v) is 4.85. The summed E-state index contributed by atoms with van der Waals surface area (Å²) in [5.74, 6) is 1.14. The Labute approximate surface area is 240 Å². The van der Waals surface area contributed by atoms with Gasteiger partial charge in [-0.1, -0.05) is 75.4 Å². The van der Waals surface area contributed by atoms with Crippen LogP contribution in [0.1, 0.15) is 43.0 Å². The van der Waals surface area contributed by atoms with E-state index in [0.717, 1.165) is 39.8 Å². The number of methoxy groups -OCH3 is 1. The second-order valence-corrected chi connectivity index (χ2v) is 12.4. The summed E-state index contributed by atoms with van der Waals surface area (Å²) in [5.41, 5.74) is 5.59. The Morgan fingerprint density at radius 2 is 1.70 bits per heavy atom. The number of rotatable bonds is 9. The van der Waals surface area contributed by atoms with Gasteiger partial charge in [-0.3, -0.25) is 4.72 Å². The highest BCUT2D eigenvalue weighted by atomic mass is 35.5. The van der Waals surface area contributed by atoms with E-state index >= 15 is 0 Å². The molecule has 9 heteroatoms. The summed E-state index contributed by atoms with van der Waals surface area (Å²) in [5, 5.41) is 0.102. The molecule has 1 heterocycles. The van der Waals surface area contributed by atoms with Crippen molar-refractivity contribution in [2.45, 2.75) is 32.8 Å². The maximum absolute atomic E-state index is 11.5. The Bertz CT molecular complexity index is 1620. The summed E-state index contributed by atoms with van der Waals surface area (Å²) >= 11 is 6.16. The van der Waals surface area contributed by atoms with Crippen molar-refractivity contribution in [2.75, 3.05) is 18.1 Å². The smallest absolute Gasteiger partial charge is 0.229 e. The Balaban J connectivity index is 1.75. The normalized spacial score (nSPS) is 11.9. The van der Waals surface area contributed by atoms with Gasteiger partial charge in [-0.15, -0.1) is 0 Å². The van der Waals surface area contributed by atoms with Gasteiger partial charge < -0.3 is 9.47 Å². The molecule has 0 bridgehead atoms. The molecule has 0 radical (unpaired) electrons. The molecule has 40 heavy (non-hydrogen) atoms. The highest BCUT2D eigenvalue weighted by Crippen LogP contribution is 2.40. The number of hydrogen-bond donors (Lipinski definition) is 1.